The Bertz CT molecular complexity index is 634. The van der Waals surface area contributed by atoms with Gasteiger partial charge >= 0.3 is 0 Å². The molecule has 112 valence electrons. The maximum Gasteiger partial charge on any atom is 0.133 e. The molecule has 0 aliphatic heterocycles. The predicted molar refractivity (Wildman–Crippen MR) is 84.9 cm³/mol. The molecule has 21 heavy (non-hydrogen) atoms. The zero-order valence-electron chi connectivity index (χ0n) is 11.6. The van der Waals surface area contributed by atoms with Crippen molar-refractivity contribution in [2.75, 3.05) is 0 Å². The summed E-state index contributed by atoms with van der Waals surface area (Å²) in [5, 5.41) is 0.828. The molecule has 2 rings (SSSR count). The Morgan fingerprint density at radius 1 is 1.19 bits per heavy atom. The van der Waals surface area contributed by atoms with Crippen LogP contribution < -0.4 is 10.5 Å². The number of rotatable bonds is 5. The number of nitrogens with two attached hydrogens (primary N) is 1. The highest BCUT2D eigenvalue weighted by Gasteiger charge is 2.14. The van der Waals surface area contributed by atoms with E-state index in [1.165, 1.54) is 6.07 Å². The van der Waals surface area contributed by atoms with Gasteiger partial charge in [0.15, 0.2) is 0 Å². The molecule has 0 aliphatic rings. The van der Waals surface area contributed by atoms with Gasteiger partial charge in [0.05, 0.1) is 10.0 Å². The van der Waals surface area contributed by atoms with Gasteiger partial charge in [-0.3, -0.25) is 0 Å². The first-order valence-electron chi connectivity index (χ1n) is 6.67. The van der Waals surface area contributed by atoms with Gasteiger partial charge in [0.2, 0.25) is 0 Å². The standard InChI is InChI=1S/C16H16Cl2FNO/c1-2-10(20)8-12-15(19)4-3-5-16(12)21-11-6-7-13(17)14(18)9-11/h3-7,9-10H,2,8,20H2,1H3. The lowest BCUT2D eigenvalue weighted by molar-refractivity contribution is 0.461. The molecular weight excluding hydrogens is 312 g/mol. The minimum absolute atomic E-state index is 0.113. The van der Waals surface area contributed by atoms with E-state index in [1.807, 2.05) is 6.92 Å². The normalized spacial score (nSPS) is 12.2. The third-order valence-electron chi connectivity index (χ3n) is 3.19. The van der Waals surface area contributed by atoms with Crippen molar-refractivity contribution in [2.45, 2.75) is 25.8 Å². The summed E-state index contributed by atoms with van der Waals surface area (Å²) in [4.78, 5) is 0. The second-order valence-corrected chi connectivity index (χ2v) is 5.58. The van der Waals surface area contributed by atoms with Gasteiger partial charge in [-0.2, -0.15) is 0 Å². The summed E-state index contributed by atoms with van der Waals surface area (Å²) in [6, 6.07) is 9.51. The zero-order chi connectivity index (χ0) is 15.4. The summed E-state index contributed by atoms with van der Waals surface area (Å²) >= 11 is 11.8. The van der Waals surface area contributed by atoms with Gasteiger partial charge < -0.3 is 10.5 Å². The summed E-state index contributed by atoms with van der Waals surface area (Å²) in [7, 11) is 0. The van der Waals surface area contributed by atoms with Crippen LogP contribution >= 0.6 is 23.2 Å². The van der Waals surface area contributed by atoms with Gasteiger partial charge in [-0.05, 0) is 37.1 Å². The number of hydrogen-bond donors (Lipinski definition) is 1. The molecule has 2 aromatic carbocycles. The Hall–Kier alpha value is -1.29. The largest absolute Gasteiger partial charge is 0.457 e. The number of hydrogen-bond acceptors (Lipinski definition) is 2. The molecule has 1 atom stereocenters. The van der Waals surface area contributed by atoms with Gasteiger partial charge in [0.1, 0.15) is 17.3 Å². The SMILES string of the molecule is CCC(N)Cc1c(F)cccc1Oc1ccc(Cl)c(Cl)c1. The van der Waals surface area contributed by atoms with Crippen molar-refractivity contribution in [3.63, 3.8) is 0 Å². The van der Waals surface area contributed by atoms with Crippen molar-refractivity contribution in [1.29, 1.82) is 0 Å². The molecule has 2 nitrogen and oxygen atoms in total. The lowest BCUT2D eigenvalue weighted by Crippen LogP contribution is -2.22. The zero-order valence-corrected chi connectivity index (χ0v) is 13.1. The molecule has 2 N–H and O–H groups in total. The maximum atomic E-state index is 14.0. The molecule has 0 saturated carbocycles. The fraction of sp³-hybridized carbons (Fsp3) is 0.250. The van der Waals surface area contributed by atoms with Gasteiger partial charge in [0, 0.05) is 17.7 Å². The predicted octanol–water partition coefficient (Wildman–Crippen LogP) is 5.20. The quantitative estimate of drug-likeness (QED) is 0.818. The Morgan fingerprint density at radius 2 is 1.95 bits per heavy atom. The van der Waals surface area contributed by atoms with E-state index >= 15 is 0 Å². The molecule has 1 unspecified atom stereocenters. The van der Waals surface area contributed by atoms with Crippen LogP contribution in [0.15, 0.2) is 36.4 Å². The van der Waals surface area contributed by atoms with E-state index in [0.717, 1.165) is 6.42 Å². The fourth-order valence-electron chi connectivity index (χ4n) is 1.91. The van der Waals surface area contributed by atoms with Crippen LogP contribution in [0.2, 0.25) is 10.0 Å². The van der Waals surface area contributed by atoms with Crippen molar-refractivity contribution in [3.8, 4) is 11.5 Å². The smallest absolute Gasteiger partial charge is 0.133 e. The fourth-order valence-corrected chi connectivity index (χ4v) is 2.19. The molecule has 0 saturated heterocycles. The molecule has 0 spiro atoms. The highest BCUT2D eigenvalue weighted by Crippen LogP contribution is 2.32. The Labute approximate surface area is 133 Å². The molecule has 0 amide bonds. The summed E-state index contributed by atoms with van der Waals surface area (Å²) in [5.74, 6) is 0.620. The highest BCUT2D eigenvalue weighted by atomic mass is 35.5. The lowest BCUT2D eigenvalue weighted by atomic mass is 10.0. The van der Waals surface area contributed by atoms with E-state index in [9.17, 15) is 4.39 Å². The van der Waals surface area contributed by atoms with Crippen molar-refractivity contribution < 1.29 is 9.13 Å². The number of ether oxygens (including phenoxy) is 1. The van der Waals surface area contributed by atoms with Crippen molar-refractivity contribution in [3.05, 3.63) is 57.8 Å². The van der Waals surface area contributed by atoms with E-state index in [-0.39, 0.29) is 11.9 Å². The van der Waals surface area contributed by atoms with Crippen molar-refractivity contribution in [2.24, 2.45) is 5.73 Å². The highest BCUT2D eigenvalue weighted by molar-refractivity contribution is 6.42. The minimum atomic E-state index is -0.323. The van der Waals surface area contributed by atoms with Crippen LogP contribution in [0.25, 0.3) is 0 Å². The Morgan fingerprint density at radius 3 is 2.62 bits per heavy atom. The Balaban J connectivity index is 2.30. The van der Waals surface area contributed by atoms with E-state index in [1.54, 1.807) is 30.3 Å². The molecule has 2 aromatic rings. The van der Waals surface area contributed by atoms with Crippen molar-refractivity contribution in [1.82, 2.24) is 0 Å². The first-order chi connectivity index (χ1) is 10.0. The summed E-state index contributed by atoms with van der Waals surface area (Å²) in [5.41, 5.74) is 6.39. The molecule has 0 radical (unpaired) electrons. The Kier molecular flexibility index (Phi) is 5.45. The molecule has 0 bridgehead atoms. The maximum absolute atomic E-state index is 14.0. The van der Waals surface area contributed by atoms with Crippen LogP contribution in [0.4, 0.5) is 4.39 Å². The van der Waals surface area contributed by atoms with E-state index in [0.29, 0.717) is 33.5 Å². The third kappa shape index (κ3) is 4.10. The monoisotopic (exact) mass is 327 g/mol. The summed E-state index contributed by atoms with van der Waals surface area (Å²) < 4.78 is 19.7. The van der Waals surface area contributed by atoms with Gasteiger partial charge in [-0.1, -0.05) is 36.2 Å². The number of benzene rings is 2. The molecular formula is C16H16Cl2FNO. The van der Waals surface area contributed by atoms with E-state index in [4.69, 9.17) is 33.7 Å². The molecule has 0 fully saturated rings. The molecule has 0 heterocycles. The minimum Gasteiger partial charge on any atom is -0.457 e. The second-order valence-electron chi connectivity index (χ2n) is 4.77. The van der Waals surface area contributed by atoms with Gasteiger partial charge in [0.25, 0.3) is 0 Å². The molecule has 5 heteroatoms. The average molecular weight is 328 g/mol. The third-order valence-corrected chi connectivity index (χ3v) is 3.92. The first-order valence-corrected chi connectivity index (χ1v) is 7.42. The van der Waals surface area contributed by atoms with Crippen molar-refractivity contribution >= 4 is 23.2 Å². The topological polar surface area (TPSA) is 35.2 Å². The van der Waals surface area contributed by atoms with E-state index < -0.39 is 0 Å². The molecule has 0 aromatic heterocycles. The van der Waals surface area contributed by atoms with Crippen LogP contribution in [0.1, 0.15) is 18.9 Å². The van der Waals surface area contributed by atoms with Crippen LogP contribution in [-0.4, -0.2) is 6.04 Å². The number of halogens is 3. The molecule has 0 aliphatic carbocycles. The van der Waals surface area contributed by atoms with Crippen LogP contribution in [0.3, 0.4) is 0 Å². The first kappa shape index (κ1) is 16.1. The van der Waals surface area contributed by atoms with E-state index in [2.05, 4.69) is 0 Å². The lowest BCUT2D eigenvalue weighted by Gasteiger charge is -2.15. The average Bonchev–Trinajstić information content (AvgIpc) is 2.46. The van der Waals surface area contributed by atoms with Crippen LogP contribution in [0, 0.1) is 5.82 Å². The van der Waals surface area contributed by atoms with Crippen LogP contribution in [0.5, 0.6) is 11.5 Å². The second kappa shape index (κ2) is 7.12. The van der Waals surface area contributed by atoms with Gasteiger partial charge in [-0.25, -0.2) is 4.39 Å². The van der Waals surface area contributed by atoms with Crippen LogP contribution in [-0.2, 0) is 6.42 Å². The van der Waals surface area contributed by atoms with Gasteiger partial charge in [-0.15, -0.1) is 0 Å². The summed E-state index contributed by atoms with van der Waals surface area (Å²) in [6.45, 7) is 1.96. The summed E-state index contributed by atoms with van der Waals surface area (Å²) in [6.07, 6.45) is 1.18.